The van der Waals surface area contributed by atoms with Crippen molar-refractivity contribution in [1.29, 1.82) is 0 Å². The summed E-state index contributed by atoms with van der Waals surface area (Å²) in [4.78, 5) is 12.2. The molecule has 0 radical (unpaired) electrons. The number of ether oxygens (including phenoxy) is 2. The topological polar surface area (TPSA) is 55.8 Å². The molecule has 2 aliphatic heterocycles. The van der Waals surface area contributed by atoms with Crippen LogP contribution < -0.4 is 4.74 Å². The molecular weight excluding hydrogens is 426 g/mol. The summed E-state index contributed by atoms with van der Waals surface area (Å²) in [6, 6.07) is 9.97. The molecule has 1 N–H and O–H groups in total. The zero-order valence-corrected chi connectivity index (χ0v) is 19.8. The second-order valence-corrected chi connectivity index (χ2v) is 10.9. The normalized spacial score (nSPS) is 26.2. The maximum absolute atomic E-state index is 13.6. The van der Waals surface area contributed by atoms with Crippen molar-refractivity contribution in [3.05, 3.63) is 64.7 Å². The van der Waals surface area contributed by atoms with Gasteiger partial charge in [0.25, 0.3) is 0 Å². The quantitative estimate of drug-likeness (QED) is 0.592. The number of hydrogen-bond acceptors (Lipinski definition) is 3. The van der Waals surface area contributed by atoms with E-state index in [-0.39, 0.29) is 17.4 Å². The number of rotatable bonds is 4. The van der Waals surface area contributed by atoms with E-state index >= 15 is 0 Å². The Morgan fingerprint density at radius 2 is 1.85 bits per heavy atom. The number of aryl methyl sites for hydroxylation is 1. The van der Waals surface area contributed by atoms with Gasteiger partial charge in [0.15, 0.2) is 11.6 Å². The molecule has 6 heteroatoms. The van der Waals surface area contributed by atoms with E-state index in [0.29, 0.717) is 24.8 Å². The van der Waals surface area contributed by atoms with Crippen LogP contribution in [0.5, 0.6) is 5.75 Å². The van der Waals surface area contributed by atoms with Crippen LogP contribution in [0.15, 0.2) is 36.4 Å². The fourth-order valence-electron chi connectivity index (χ4n) is 5.09. The summed E-state index contributed by atoms with van der Waals surface area (Å²) in [6.07, 6.45) is 0.390. The van der Waals surface area contributed by atoms with E-state index in [4.69, 9.17) is 9.47 Å². The molecule has 0 amide bonds. The van der Waals surface area contributed by atoms with Gasteiger partial charge in [-0.05, 0) is 73.9 Å². The molecule has 178 valence electrons. The van der Waals surface area contributed by atoms with E-state index in [1.165, 1.54) is 12.1 Å². The van der Waals surface area contributed by atoms with E-state index in [9.17, 15) is 18.7 Å². The lowest BCUT2D eigenvalue weighted by molar-refractivity contribution is -0.188. The summed E-state index contributed by atoms with van der Waals surface area (Å²) >= 11 is 0. The van der Waals surface area contributed by atoms with Gasteiger partial charge in [-0.15, -0.1) is 0 Å². The maximum Gasteiger partial charge on any atom is 0.309 e. The van der Waals surface area contributed by atoms with Crippen molar-refractivity contribution in [2.24, 2.45) is 11.8 Å². The predicted molar refractivity (Wildman–Crippen MR) is 121 cm³/mol. The molecule has 4 atom stereocenters. The van der Waals surface area contributed by atoms with Gasteiger partial charge in [-0.2, -0.15) is 0 Å². The maximum atomic E-state index is 13.6. The Morgan fingerprint density at radius 1 is 1.12 bits per heavy atom. The lowest BCUT2D eigenvalue weighted by Gasteiger charge is -2.50. The third-order valence-electron chi connectivity index (χ3n) is 7.11. The molecule has 0 spiro atoms. The third kappa shape index (κ3) is 4.63. The van der Waals surface area contributed by atoms with Gasteiger partial charge in [-0.1, -0.05) is 32.9 Å². The van der Waals surface area contributed by atoms with Crippen molar-refractivity contribution in [1.82, 2.24) is 0 Å². The van der Waals surface area contributed by atoms with Gasteiger partial charge in [-0.3, -0.25) is 4.79 Å². The number of benzene rings is 2. The predicted octanol–water partition coefficient (Wildman–Crippen LogP) is 6.21. The van der Waals surface area contributed by atoms with Crippen LogP contribution in [0.2, 0.25) is 0 Å². The van der Waals surface area contributed by atoms with Gasteiger partial charge in [0.1, 0.15) is 11.4 Å². The first kappa shape index (κ1) is 23.7. The molecule has 33 heavy (non-hydrogen) atoms. The molecule has 2 heterocycles. The van der Waals surface area contributed by atoms with Crippen molar-refractivity contribution >= 4 is 5.97 Å². The lowest BCUT2D eigenvalue weighted by Crippen LogP contribution is -2.52. The Balaban J connectivity index is 1.65. The van der Waals surface area contributed by atoms with Crippen LogP contribution in [0.4, 0.5) is 8.78 Å². The Kier molecular flexibility index (Phi) is 6.02. The van der Waals surface area contributed by atoms with Crippen LogP contribution in [0.1, 0.15) is 70.3 Å². The highest BCUT2D eigenvalue weighted by Crippen LogP contribution is 2.53. The van der Waals surface area contributed by atoms with E-state index in [1.807, 2.05) is 19.9 Å². The number of hydrogen-bond donors (Lipinski definition) is 1. The average Bonchev–Trinajstić information content (AvgIpc) is 2.72. The zero-order chi connectivity index (χ0) is 24.1. The number of carbonyl (C=O) groups is 1. The number of carboxylic acids is 1. The molecule has 0 aliphatic carbocycles. The summed E-state index contributed by atoms with van der Waals surface area (Å²) in [5, 5.41) is 9.96. The minimum Gasteiger partial charge on any atom is -0.487 e. The van der Waals surface area contributed by atoms with Crippen molar-refractivity contribution in [3.63, 3.8) is 0 Å². The van der Waals surface area contributed by atoms with Crippen LogP contribution in [-0.4, -0.2) is 22.8 Å². The monoisotopic (exact) mass is 458 g/mol. The van der Waals surface area contributed by atoms with Crippen molar-refractivity contribution in [3.8, 4) is 5.75 Å². The van der Waals surface area contributed by atoms with Crippen LogP contribution >= 0.6 is 0 Å². The highest BCUT2D eigenvalue weighted by molar-refractivity contribution is 5.71. The molecule has 1 fully saturated rings. The van der Waals surface area contributed by atoms with Crippen LogP contribution in [-0.2, 0) is 21.4 Å². The lowest BCUT2D eigenvalue weighted by atomic mass is 9.70. The fraction of sp³-hybridized carbons (Fsp3) is 0.519. The van der Waals surface area contributed by atoms with Crippen molar-refractivity contribution in [2.45, 2.75) is 77.1 Å². The molecule has 2 aromatic carbocycles. The van der Waals surface area contributed by atoms with Gasteiger partial charge in [0, 0.05) is 11.5 Å². The van der Waals surface area contributed by atoms with Crippen LogP contribution in [0.3, 0.4) is 0 Å². The van der Waals surface area contributed by atoms with Gasteiger partial charge in [0.2, 0.25) is 0 Å². The molecule has 2 aliphatic rings. The Bertz CT molecular complexity index is 1060. The zero-order valence-electron chi connectivity index (χ0n) is 19.8. The first-order chi connectivity index (χ1) is 15.4. The molecule has 0 bridgehead atoms. The Labute approximate surface area is 193 Å². The summed E-state index contributed by atoms with van der Waals surface area (Å²) in [5.74, 6) is -2.76. The van der Waals surface area contributed by atoms with Crippen LogP contribution in [0, 0.1) is 23.5 Å². The van der Waals surface area contributed by atoms with E-state index in [2.05, 4.69) is 32.9 Å². The number of carboxylic acid groups (broad SMARTS) is 1. The Morgan fingerprint density at radius 3 is 2.48 bits per heavy atom. The largest absolute Gasteiger partial charge is 0.487 e. The highest BCUT2D eigenvalue weighted by Gasteiger charge is 2.52. The minimum absolute atomic E-state index is 0.0538. The number of fused-ring (bicyclic) bond motifs is 3. The van der Waals surface area contributed by atoms with Gasteiger partial charge in [0.05, 0.1) is 18.1 Å². The second kappa shape index (κ2) is 8.39. The first-order valence-corrected chi connectivity index (χ1v) is 11.5. The fourth-order valence-corrected chi connectivity index (χ4v) is 5.09. The van der Waals surface area contributed by atoms with E-state index < -0.39 is 35.2 Å². The molecule has 0 unspecified atom stereocenters. The van der Waals surface area contributed by atoms with Crippen LogP contribution in [0.25, 0.3) is 0 Å². The minimum atomic E-state index is -0.909. The Hall–Kier alpha value is -2.47. The molecule has 0 saturated carbocycles. The summed E-state index contributed by atoms with van der Waals surface area (Å²) < 4.78 is 39.8. The SMILES string of the molecule is CC(C)(C)c1ccc2c(c1)[C@H]1O[C@@H](CCc3ccc(F)c(F)c3)[C@H](C(=O)O)C[C@@H]1C(C)(C)O2. The molecule has 2 aromatic rings. The van der Waals surface area contributed by atoms with E-state index in [0.717, 1.165) is 22.9 Å². The summed E-state index contributed by atoms with van der Waals surface area (Å²) in [5.41, 5.74) is 2.09. The van der Waals surface area contributed by atoms with Gasteiger partial charge >= 0.3 is 5.97 Å². The van der Waals surface area contributed by atoms with Gasteiger partial charge < -0.3 is 14.6 Å². The molecule has 0 aromatic heterocycles. The molecular formula is C27H32F2O4. The van der Waals surface area contributed by atoms with Gasteiger partial charge in [-0.25, -0.2) is 8.78 Å². The van der Waals surface area contributed by atoms with E-state index in [1.54, 1.807) is 0 Å². The smallest absolute Gasteiger partial charge is 0.309 e. The molecule has 1 saturated heterocycles. The highest BCUT2D eigenvalue weighted by atomic mass is 19.2. The molecule has 4 nitrogen and oxygen atoms in total. The summed E-state index contributed by atoms with van der Waals surface area (Å²) in [7, 11) is 0. The number of aliphatic carboxylic acids is 1. The third-order valence-corrected chi connectivity index (χ3v) is 7.11. The van der Waals surface area contributed by atoms with Crippen molar-refractivity contribution < 1.29 is 28.2 Å². The second-order valence-electron chi connectivity index (χ2n) is 10.9. The summed E-state index contributed by atoms with van der Waals surface area (Å²) in [6.45, 7) is 10.4. The standard InChI is InChI=1S/C27H32F2O4/c1-26(2,3)16-8-11-23-17(13-16)24-19(27(4,5)33-23)14-18(25(30)31)22(32-24)10-7-15-6-9-20(28)21(29)12-15/h6,8-9,11-13,18-19,22,24H,7,10,14H2,1-5H3,(H,30,31)/t18-,19+,22+,24-/m1/s1. The number of halogens is 2. The van der Waals surface area contributed by atoms with Crippen molar-refractivity contribution in [2.75, 3.05) is 0 Å². The average molecular weight is 459 g/mol. The molecule has 4 rings (SSSR count). The first-order valence-electron chi connectivity index (χ1n) is 11.5.